The van der Waals surface area contributed by atoms with Crippen LogP contribution in [0, 0.1) is 0 Å². The topological polar surface area (TPSA) is 49.4 Å². The molecule has 7 heteroatoms. The van der Waals surface area contributed by atoms with Gasteiger partial charge < -0.3 is 4.90 Å². The van der Waals surface area contributed by atoms with Crippen LogP contribution in [-0.4, -0.2) is 38.5 Å². The van der Waals surface area contributed by atoms with Gasteiger partial charge in [0, 0.05) is 21.0 Å². The van der Waals surface area contributed by atoms with Crippen molar-refractivity contribution in [1.82, 2.24) is 9.62 Å². The molecule has 0 bridgehead atoms. The van der Waals surface area contributed by atoms with E-state index in [1.165, 1.54) is 0 Å². The summed E-state index contributed by atoms with van der Waals surface area (Å²) in [6, 6.07) is 5.69. The molecule has 1 aromatic rings. The average Bonchev–Trinajstić information content (AvgIpc) is 2.41. The fraction of sp³-hybridized carbons (Fsp3) is 0.571. The van der Waals surface area contributed by atoms with Crippen molar-refractivity contribution in [3.05, 3.63) is 27.1 Å². The van der Waals surface area contributed by atoms with E-state index in [1.54, 1.807) is 12.1 Å². The Bertz CT molecular complexity index is 597. The molecule has 1 N–H and O–H groups in total. The number of piperidine rings is 1. The number of benzene rings is 1. The minimum Gasteiger partial charge on any atom is -0.301 e. The first-order chi connectivity index (χ1) is 9.79. The van der Waals surface area contributed by atoms with Gasteiger partial charge in [-0.05, 0) is 73.9 Å². The van der Waals surface area contributed by atoms with Crippen LogP contribution in [0.1, 0.15) is 26.7 Å². The highest BCUT2D eigenvalue weighted by Gasteiger charge is 2.26. The summed E-state index contributed by atoms with van der Waals surface area (Å²) in [7, 11) is -3.50. The van der Waals surface area contributed by atoms with Crippen LogP contribution in [0.3, 0.4) is 0 Å². The van der Waals surface area contributed by atoms with Gasteiger partial charge in [-0.25, -0.2) is 13.1 Å². The van der Waals surface area contributed by atoms with Gasteiger partial charge in [0.15, 0.2) is 0 Å². The van der Waals surface area contributed by atoms with Gasteiger partial charge in [0.1, 0.15) is 0 Å². The lowest BCUT2D eigenvalue weighted by Crippen LogP contribution is -2.46. The monoisotopic (exact) mass is 438 g/mol. The zero-order chi connectivity index (χ0) is 15.6. The Morgan fingerprint density at radius 3 is 2.43 bits per heavy atom. The molecule has 118 valence electrons. The van der Waals surface area contributed by atoms with Crippen LogP contribution in [0.5, 0.6) is 0 Å². The maximum atomic E-state index is 12.5. The Morgan fingerprint density at radius 2 is 1.86 bits per heavy atom. The second-order valence-electron chi connectivity index (χ2n) is 5.60. The molecular weight excluding hydrogens is 420 g/mol. The van der Waals surface area contributed by atoms with Crippen molar-refractivity contribution in [1.29, 1.82) is 0 Å². The molecule has 0 aromatic heterocycles. The molecule has 0 aliphatic carbocycles. The summed E-state index contributed by atoms with van der Waals surface area (Å²) in [5, 5.41) is 0. The highest BCUT2D eigenvalue weighted by Crippen LogP contribution is 2.26. The van der Waals surface area contributed by atoms with E-state index in [1.807, 2.05) is 6.07 Å². The zero-order valence-electron chi connectivity index (χ0n) is 12.1. The van der Waals surface area contributed by atoms with E-state index in [4.69, 9.17) is 0 Å². The number of likely N-dealkylation sites (tertiary alicyclic amines) is 1. The van der Waals surface area contributed by atoms with E-state index in [9.17, 15) is 8.42 Å². The molecule has 0 unspecified atom stereocenters. The summed E-state index contributed by atoms with van der Waals surface area (Å²) in [4.78, 5) is 2.66. The largest absolute Gasteiger partial charge is 0.301 e. The third kappa shape index (κ3) is 4.51. The third-order valence-corrected chi connectivity index (χ3v) is 6.77. The van der Waals surface area contributed by atoms with Crippen molar-refractivity contribution >= 4 is 41.9 Å². The minimum atomic E-state index is -3.50. The Balaban J connectivity index is 2.07. The summed E-state index contributed by atoms with van der Waals surface area (Å²) in [5.41, 5.74) is 0. The van der Waals surface area contributed by atoms with Crippen LogP contribution in [-0.2, 0) is 10.0 Å². The molecule has 1 aliphatic rings. The molecule has 1 saturated heterocycles. The minimum absolute atomic E-state index is 0.0101. The molecular formula is C14H20Br2N2O2S. The maximum Gasteiger partial charge on any atom is 0.241 e. The Morgan fingerprint density at radius 1 is 1.24 bits per heavy atom. The second kappa shape index (κ2) is 7.08. The molecule has 0 atom stereocenters. The second-order valence-corrected chi connectivity index (χ2v) is 9.05. The number of rotatable bonds is 4. The van der Waals surface area contributed by atoms with E-state index in [2.05, 4.69) is 55.3 Å². The van der Waals surface area contributed by atoms with Crippen molar-refractivity contribution in [3.8, 4) is 0 Å². The van der Waals surface area contributed by atoms with E-state index in [-0.39, 0.29) is 10.9 Å². The van der Waals surface area contributed by atoms with Gasteiger partial charge in [-0.1, -0.05) is 15.9 Å². The maximum absolute atomic E-state index is 12.5. The standard InChI is InChI=1S/C14H20Br2N2O2S/c1-10(2)18-7-5-12(6-8-18)17-21(19,20)14-9-11(15)3-4-13(14)16/h3-4,9-10,12,17H,5-8H2,1-2H3. The predicted octanol–water partition coefficient (Wildman–Crippen LogP) is 3.36. The molecule has 0 spiro atoms. The molecule has 2 rings (SSSR count). The van der Waals surface area contributed by atoms with Crippen LogP contribution >= 0.6 is 31.9 Å². The fourth-order valence-corrected chi connectivity index (χ4v) is 5.31. The van der Waals surface area contributed by atoms with Crippen LogP contribution in [0.15, 0.2) is 32.0 Å². The molecule has 0 saturated carbocycles. The molecule has 0 amide bonds. The predicted molar refractivity (Wildman–Crippen MR) is 91.9 cm³/mol. The summed E-state index contributed by atoms with van der Waals surface area (Å²) >= 11 is 6.63. The quantitative estimate of drug-likeness (QED) is 0.782. The van der Waals surface area contributed by atoms with Crippen LogP contribution in [0.25, 0.3) is 0 Å². The van der Waals surface area contributed by atoms with Gasteiger partial charge in [-0.15, -0.1) is 0 Å². The summed E-state index contributed by atoms with van der Waals surface area (Å²) in [5.74, 6) is 0. The van der Waals surface area contributed by atoms with E-state index in [0.29, 0.717) is 10.5 Å². The SMILES string of the molecule is CC(C)N1CCC(NS(=O)(=O)c2cc(Br)ccc2Br)CC1. The molecule has 1 aromatic carbocycles. The number of nitrogens with one attached hydrogen (secondary N) is 1. The molecule has 4 nitrogen and oxygen atoms in total. The number of sulfonamides is 1. The van der Waals surface area contributed by atoms with Gasteiger partial charge in [0.05, 0.1) is 4.90 Å². The van der Waals surface area contributed by atoms with Crippen LogP contribution < -0.4 is 4.72 Å². The Kier molecular flexibility index (Phi) is 5.87. The van der Waals surface area contributed by atoms with Gasteiger partial charge in [0.2, 0.25) is 10.0 Å². The van der Waals surface area contributed by atoms with E-state index in [0.717, 1.165) is 30.4 Å². The molecule has 1 heterocycles. The Labute approximate surface area is 143 Å². The lowest BCUT2D eigenvalue weighted by Gasteiger charge is -2.34. The van der Waals surface area contributed by atoms with Crippen LogP contribution in [0.4, 0.5) is 0 Å². The molecule has 21 heavy (non-hydrogen) atoms. The number of halogens is 2. The normalized spacial score (nSPS) is 18.3. The highest BCUT2D eigenvalue weighted by atomic mass is 79.9. The number of nitrogens with zero attached hydrogens (tertiary/aromatic N) is 1. The van der Waals surface area contributed by atoms with Gasteiger partial charge in [0.25, 0.3) is 0 Å². The zero-order valence-corrected chi connectivity index (χ0v) is 16.1. The van der Waals surface area contributed by atoms with Gasteiger partial charge in [-0.2, -0.15) is 0 Å². The van der Waals surface area contributed by atoms with Crippen LogP contribution in [0.2, 0.25) is 0 Å². The fourth-order valence-electron chi connectivity index (χ4n) is 2.50. The smallest absolute Gasteiger partial charge is 0.241 e. The van der Waals surface area contributed by atoms with Crippen molar-refractivity contribution in [2.45, 2.75) is 43.7 Å². The van der Waals surface area contributed by atoms with E-state index >= 15 is 0 Å². The third-order valence-electron chi connectivity index (χ3n) is 3.76. The average molecular weight is 440 g/mol. The van der Waals surface area contributed by atoms with Gasteiger partial charge in [-0.3, -0.25) is 0 Å². The highest BCUT2D eigenvalue weighted by molar-refractivity contribution is 9.11. The van der Waals surface area contributed by atoms with Gasteiger partial charge >= 0.3 is 0 Å². The summed E-state index contributed by atoms with van der Waals surface area (Å²) in [6.45, 7) is 6.21. The van der Waals surface area contributed by atoms with Crippen molar-refractivity contribution in [2.24, 2.45) is 0 Å². The molecule has 1 aliphatic heterocycles. The number of hydrogen-bond donors (Lipinski definition) is 1. The first-order valence-electron chi connectivity index (χ1n) is 7.01. The first-order valence-corrected chi connectivity index (χ1v) is 10.1. The first kappa shape index (κ1) is 17.4. The molecule has 1 fully saturated rings. The summed E-state index contributed by atoms with van der Waals surface area (Å²) in [6.07, 6.45) is 1.70. The van der Waals surface area contributed by atoms with E-state index < -0.39 is 10.0 Å². The van der Waals surface area contributed by atoms with Crippen molar-refractivity contribution < 1.29 is 8.42 Å². The van der Waals surface area contributed by atoms with Crippen molar-refractivity contribution in [3.63, 3.8) is 0 Å². The lowest BCUT2D eigenvalue weighted by atomic mass is 10.1. The summed E-state index contributed by atoms with van der Waals surface area (Å²) < 4.78 is 29.2. The molecule has 0 radical (unpaired) electrons. The lowest BCUT2D eigenvalue weighted by molar-refractivity contribution is 0.168. The number of hydrogen-bond acceptors (Lipinski definition) is 3. The van der Waals surface area contributed by atoms with Crippen molar-refractivity contribution in [2.75, 3.05) is 13.1 Å². The Hall–Kier alpha value is 0.0500.